The van der Waals surface area contributed by atoms with E-state index in [0.29, 0.717) is 5.56 Å². The summed E-state index contributed by atoms with van der Waals surface area (Å²) in [6, 6.07) is 7.06. The molecule has 0 atom stereocenters. The van der Waals surface area contributed by atoms with E-state index in [1.807, 2.05) is 6.07 Å². The van der Waals surface area contributed by atoms with E-state index in [1.165, 1.54) is 7.11 Å². The molecule has 1 aliphatic heterocycles. The molecule has 1 fully saturated rings. The van der Waals surface area contributed by atoms with Crippen molar-refractivity contribution < 1.29 is 23.0 Å². The van der Waals surface area contributed by atoms with Crippen molar-refractivity contribution in [2.45, 2.75) is 0 Å². The third-order valence-corrected chi connectivity index (χ3v) is 6.15. The number of carbonyl (C=O) groups excluding carboxylic acids is 1. The van der Waals surface area contributed by atoms with Gasteiger partial charge in [-0.15, -0.1) is 23.9 Å². The van der Waals surface area contributed by atoms with E-state index in [2.05, 4.69) is 32.5 Å². The van der Waals surface area contributed by atoms with Crippen molar-refractivity contribution in [2.24, 2.45) is 0 Å². The van der Waals surface area contributed by atoms with Gasteiger partial charge in [-0.1, -0.05) is 0 Å². The molecule has 0 N–H and O–H groups in total. The first-order chi connectivity index (χ1) is 11.0. The molecule has 1 aromatic carbocycles. The quantitative estimate of drug-likeness (QED) is 0.280. The van der Waals surface area contributed by atoms with Crippen molar-refractivity contribution in [1.29, 1.82) is 0 Å². The smallest absolute Gasteiger partial charge is 0.00595 e. The zero-order valence-electron chi connectivity index (χ0n) is 13.0. The van der Waals surface area contributed by atoms with Crippen LogP contribution in [0.4, 0.5) is 0 Å². The molecule has 132 valence electrons. The molecule has 0 saturated carbocycles. The molecular formula is C14H19Cl2N2O2RuS2-. The Balaban J connectivity index is 0.000000253. The van der Waals surface area contributed by atoms with Crippen LogP contribution in [0.2, 0.25) is 0 Å². The second-order valence-corrected chi connectivity index (χ2v) is 11.5. The van der Waals surface area contributed by atoms with Crippen LogP contribution in [0.25, 0.3) is 0 Å². The maximum atomic E-state index is 11.3. The van der Waals surface area contributed by atoms with Crippen molar-refractivity contribution in [3.05, 3.63) is 42.1 Å². The SMILES string of the molecule is COC(=O)c1ccccc1[CH]=[Ru]([Cl])[Cl].CSN1[CH-]N(SC)CC1. The van der Waals surface area contributed by atoms with E-state index in [9.17, 15) is 4.79 Å². The minimum absolute atomic E-state index is 0.374. The first kappa shape index (κ1) is 21.4. The summed E-state index contributed by atoms with van der Waals surface area (Å²) in [6.45, 7) is 4.46. The molecular weight excluding hydrogens is 464 g/mol. The van der Waals surface area contributed by atoms with Gasteiger partial charge in [0.1, 0.15) is 0 Å². The van der Waals surface area contributed by atoms with Crippen molar-refractivity contribution in [3.8, 4) is 0 Å². The second-order valence-electron chi connectivity index (χ2n) is 4.15. The van der Waals surface area contributed by atoms with Gasteiger partial charge in [0, 0.05) is 0 Å². The van der Waals surface area contributed by atoms with Crippen LogP contribution in [-0.2, 0) is 18.3 Å². The Kier molecular flexibility index (Phi) is 11.0. The molecule has 0 radical (unpaired) electrons. The van der Waals surface area contributed by atoms with Gasteiger partial charge >= 0.3 is 95.5 Å². The number of methoxy groups -OCH3 is 1. The Labute approximate surface area is 159 Å². The number of nitrogens with zero attached hydrogens (tertiary/aromatic N) is 2. The average Bonchev–Trinajstić information content (AvgIpc) is 3.03. The van der Waals surface area contributed by atoms with E-state index in [4.69, 9.17) is 19.4 Å². The number of carbonyl (C=O) groups is 1. The van der Waals surface area contributed by atoms with Crippen LogP contribution in [0, 0.1) is 6.67 Å². The zero-order chi connectivity index (χ0) is 17.2. The molecule has 4 nitrogen and oxygen atoms in total. The van der Waals surface area contributed by atoms with Gasteiger partial charge < -0.3 is 8.61 Å². The molecule has 0 aromatic heterocycles. The number of esters is 1. The van der Waals surface area contributed by atoms with Crippen LogP contribution in [-0.4, -0.2) is 51.9 Å². The predicted octanol–water partition coefficient (Wildman–Crippen LogP) is 3.83. The third-order valence-electron chi connectivity index (χ3n) is 2.82. The summed E-state index contributed by atoms with van der Waals surface area (Å²) >= 11 is 1.64. The Hall–Kier alpha value is 0.383. The Morgan fingerprint density at radius 1 is 1.26 bits per heavy atom. The van der Waals surface area contributed by atoms with Gasteiger partial charge in [-0.2, -0.15) is 6.67 Å². The van der Waals surface area contributed by atoms with Crippen LogP contribution in [0.1, 0.15) is 15.9 Å². The van der Waals surface area contributed by atoms with Crippen LogP contribution >= 0.6 is 43.3 Å². The number of benzene rings is 1. The van der Waals surface area contributed by atoms with Crippen LogP contribution < -0.4 is 0 Å². The normalized spacial score (nSPS) is 15.6. The summed E-state index contributed by atoms with van der Waals surface area (Å²) in [6.07, 6.45) is 4.20. The van der Waals surface area contributed by atoms with E-state index in [1.54, 1.807) is 46.7 Å². The molecule has 2 rings (SSSR count). The molecule has 1 aliphatic rings. The van der Waals surface area contributed by atoms with E-state index < -0.39 is 13.5 Å². The fourth-order valence-electron chi connectivity index (χ4n) is 1.70. The monoisotopic (exact) mass is 483 g/mol. The minimum atomic E-state index is -1.91. The van der Waals surface area contributed by atoms with Crippen molar-refractivity contribution in [2.75, 3.05) is 32.7 Å². The molecule has 9 heteroatoms. The number of hydrogen-bond acceptors (Lipinski definition) is 6. The average molecular weight is 483 g/mol. The van der Waals surface area contributed by atoms with Gasteiger partial charge in [0.15, 0.2) is 0 Å². The molecule has 0 bridgehead atoms. The maximum absolute atomic E-state index is 11.3. The van der Waals surface area contributed by atoms with Gasteiger partial charge in [0.05, 0.1) is 0 Å². The number of halogens is 2. The van der Waals surface area contributed by atoms with Crippen LogP contribution in [0.5, 0.6) is 0 Å². The van der Waals surface area contributed by atoms with E-state index in [-0.39, 0.29) is 5.97 Å². The van der Waals surface area contributed by atoms with Crippen molar-refractivity contribution >= 4 is 53.9 Å². The van der Waals surface area contributed by atoms with E-state index >= 15 is 0 Å². The topological polar surface area (TPSA) is 32.8 Å². The van der Waals surface area contributed by atoms with Crippen LogP contribution in [0.15, 0.2) is 24.3 Å². The number of ether oxygens (including phenoxy) is 1. The summed E-state index contributed by atoms with van der Waals surface area (Å²) in [7, 11) is 12.8. The summed E-state index contributed by atoms with van der Waals surface area (Å²) in [5.74, 6) is -0.374. The third kappa shape index (κ3) is 7.87. The first-order valence-electron chi connectivity index (χ1n) is 6.48. The van der Waals surface area contributed by atoms with Gasteiger partial charge in [-0.05, 0) is 25.6 Å². The van der Waals surface area contributed by atoms with Gasteiger partial charge in [0.2, 0.25) is 0 Å². The predicted molar refractivity (Wildman–Crippen MR) is 99.4 cm³/mol. The summed E-state index contributed by atoms with van der Waals surface area (Å²) in [5.41, 5.74) is 1.23. The standard InChI is InChI=1S/C9H8O2.C5H11N2S2.2ClH.Ru/c1-7-5-3-4-6-8(7)9(10)11-2;1-8-6-3-4-7(5-6)9-2;;;/h1,3-6H,2H3;5H,3-4H2,1-2H3;2*1H;/q;-1;;;+2/p-2. The molecule has 0 amide bonds. The Morgan fingerprint density at radius 2 is 1.83 bits per heavy atom. The van der Waals surface area contributed by atoms with Gasteiger partial charge in [-0.25, -0.2) is 0 Å². The fourth-order valence-corrected chi connectivity index (χ4v) is 4.53. The minimum Gasteiger partial charge on any atom is -0.386 e. The first-order valence-corrected chi connectivity index (χ1v) is 14.3. The zero-order valence-corrected chi connectivity index (χ0v) is 17.9. The molecule has 0 aliphatic carbocycles. The number of hydrogen-bond donors (Lipinski definition) is 0. The summed E-state index contributed by atoms with van der Waals surface area (Å²) in [5, 5.41) is 0. The second kappa shape index (κ2) is 11.9. The number of rotatable bonds is 4. The molecule has 1 saturated heterocycles. The van der Waals surface area contributed by atoms with Gasteiger partial charge in [-0.3, -0.25) is 0 Å². The fraction of sp³-hybridized carbons (Fsp3) is 0.357. The van der Waals surface area contributed by atoms with Crippen molar-refractivity contribution in [3.63, 3.8) is 0 Å². The Morgan fingerprint density at radius 3 is 2.26 bits per heavy atom. The molecule has 0 spiro atoms. The van der Waals surface area contributed by atoms with Crippen molar-refractivity contribution in [1.82, 2.24) is 8.61 Å². The van der Waals surface area contributed by atoms with E-state index in [0.717, 1.165) is 18.7 Å². The molecule has 0 unspecified atom stereocenters. The molecule has 23 heavy (non-hydrogen) atoms. The molecule has 1 heterocycles. The van der Waals surface area contributed by atoms with Crippen LogP contribution in [0.3, 0.4) is 0 Å². The largest absolute Gasteiger partial charge is 0.386 e. The molecule has 1 aromatic rings. The maximum Gasteiger partial charge on any atom is -0.00595 e. The Bertz CT molecular complexity index is 535. The summed E-state index contributed by atoms with van der Waals surface area (Å²) in [4.78, 5) is 11.3. The van der Waals surface area contributed by atoms with Gasteiger partial charge in [0.25, 0.3) is 0 Å². The summed E-state index contributed by atoms with van der Waals surface area (Å²) < 4.78 is 10.8.